The molecular weight excluding hydrogens is 463 g/mol. The minimum atomic E-state index is -4.26. The van der Waals surface area contributed by atoms with E-state index in [0.29, 0.717) is 5.69 Å². The van der Waals surface area contributed by atoms with E-state index in [1.807, 2.05) is 20.8 Å². The van der Waals surface area contributed by atoms with Gasteiger partial charge < -0.3 is 10.0 Å². The molecule has 3 unspecified atom stereocenters. The van der Waals surface area contributed by atoms with Crippen LogP contribution in [0.3, 0.4) is 0 Å². The summed E-state index contributed by atoms with van der Waals surface area (Å²) < 4.78 is 28.3. The molecule has 166 valence electrons. The molecule has 0 aromatic heterocycles. The van der Waals surface area contributed by atoms with Gasteiger partial charge in [-0.1, -0.05) is 62.2 Å². The Hall–Kier alpha value is -2.13. The zero-order valence-corrected chi connectivity index (χ0v) is 19.4. The molecule has 0 radical (unpaired) electrons. The van der Waals surface area contributed by atoms with Crippen molar-refractivity contribution >= 4 is 50.8 Å². The molecule has 1 fully saturated rings. The molecule has 31 heavy (non-hydrogen) atoms. The number of benzene rings is 2. The smallest absolute Gasteiger partial charge is 0.310 e. The fourth-order valence-electron chi connectivity index (χ4n) is 3.87. The fraction of sp³-hybridized carbons (Fsp3) is 0.333. The van der Waals surface area contributed by atoms with E-state index in [2.05, 4.69) is 4.72 Å². The minimum Gasteiger partial charge on any atom is -0.481 e. The van der Waals surface area contributed by atoms with E-state index in [9.17, 15) is 23.1 Å². The highest BCUT2D eigenvalue weighted by Gasteiger charge is 2.57. The molecule has 10 heteroatoms. The minimum absolute atomic E-state index is 0.0237. The highest BCUT2D eigenvalue weighted by molar-refractivity contribution is 7.89. The van der Waals surface area contributed by atoms with Crippen LogP contribution in [-0.2, 0) is 19.6 Å². The summed E-state index contributed by atoms with van der Waals surface area (Å²) in [6.07, 6.45) is 0. The van der Waals surface area contributed by atoms with Crippen LogP contribution >= 0.6 is 23.2 Å². The van der Waals surface area contributed by atoms with Gasteiger partial charge in [0.25, 0.3) is 0 Å². The number of aliphatic carboxylic acids is 1. The summed E-state index contributed by atoms with van der Waals surface area (Å²) in [6.45, 7) is 5.44. The van der Waals surface area contributed by atoms with E-state index in [1.165, 1.54) is 17.0 Å². The lowest BCUT2D eigenvalue weighted by Gasteiger charge is -2.37. The number of para-hydroxylation sites is 1. The summed E-state index contributed by atoms with van der Waals surface area (Å²) in [5.41, 5.74) is -0.159. The van der Waals surface area contributed by atoms with Crippen molar-refractivity contribution in [3.05, 3.63) is 58.6 Å². The van der Waals surface area contributed by atoms with Crippen molar-refractivity contribution in [3.63, 3.8) is 0 Å². The highest BCUT2D eigenvalue weighted by atomic mass is 35.5. The van der Waals surface area contributed by atoms with E-state index in [4.69, 9.17) is 23.2 Å². The second-order valence-corrected chi connectivity index (χ2v) is 10.9. The number of amides is 1. The molecule has 7 nitrogen and oxygen atoms in total. The number of hydrogen-bond donors (Lipinski definition) is 2. The van der Waals surface area contributed by atoms with Crippen molar-refractivity contribution < 1.29 is 23.1 Å². The van der Waals surface area contributed by atoms with E-state index in [1.54, 1.807) is 30.3 Å². The standard InChI is InChI=1S/C21H22Cl2N2O5S/c1-21(2,3)18-16(20(27)28)17(19(26)25(18)12-7-5-4-6-8-12)24-31(29,30)13-9-10-14(22)15(23)11-13/h4-11,16-18,24H,1-3H3,(H,27,28). The quantitative estimate of drug-likeness (QED) is 0.671. The number of carboxylic acid groups (broad SMARTS) is 1. The Morgan fingerprint density at radius 3 is 2.19 bits per heavy atom. The lowest BCUT2D eigenvalue weighted by molar-refractivity contribution is -0.144. The number of rotatable bonds is 5. The Labute approximate surface area is 191 Å². The van der Waals surface area contributed by atoms with Crippen molar-refractivity contribution in [1.82, 2.24) is 4.72 Å². The molecule has 0 bridgehead atoms. The van der Waals surface area contributed by atoms with Crippen LogP contribution < -0.4 is 9.62 Å². The van der Waals surface area contributed by atoms with Gasteiger partial charge in [-0.2, -0.15) is 4.72 Å². The molecule has 3 atom stereocenters. The van der Waals surface area contributed by atoms with Gasteiger partial charge in [0.15, 0.2) is 0 Å². The van der Waals surface area contributed by atoms with Gasteiger partial charge in [-0.25, -0.2) is 8.42 Å². The predicted molar refractivity (Wildman–Crippen MR) is 119 cm³/mol. The Morgan fingerprint density at radius 2 is 1.68 bits per heavy atom. The SMILES string of the molecule is CC(C)(C)C1C(C(=O)O)C(NS(=O)(=O)c2ccc(Cl)c(Cl)c2)C(=O)N1c1ccccc1. The van der Waals surface area contributed by atoms with E-state index in [0.717, 1.165) is 6.07 Å². The number of carbonyl (C=O) groups excluding carboxylic acids is 1. The second-order valence-electron chi connectivity index (χ2n) is 8.39. The summed E-state index contributed by atoms with van der Waals surface area (Å²) >= 11 is 11.8. The Morgan fingerprint density at radius 1 is 1.06 bits per heavy atom. The summed E-state index contributed by atoms with van der Waals surface area (Å²) in [5, 5.41) is 10.2. The van der Waals surface area contributed by atoms with Crippen molar-refractivity contribution in [2.24, 2.45) is 11.3 Å². The molecular formula is C21H22Cl2N2O5S. The van der Waals surface area contributed by atoms with Crippen LogP contribution in [0.2, 0.25) is 10.0 Å². The lowest BCUT2D eigenvalue weighted by atomic mass is 9.78. The van der Waals surface area contributed by atoms with Crippen molar-refractivity contribution in [2.75, 3.05) is 4.90 Å². The third-order valence-corrected chi connectivity index (χ3v) is 7.35. The van der Waals surface area contributed by atoms with Crippen molar-refractivity contribution in [1.29, 1.82) is 0 Å². The van der Waals surface area contributed by atoms with Gasteiger partial charge in [0.05, 0.1) is 21.0 Å². The molecule has 1 amide bonds. The van der Waals surface area contributed by atoms with E-state index >= 15 is 0 Å². The van der Waals surface area contributed by atoms with Gasteiger partial charge in [0.2, 0.25) is 15.9 Å². The summed E-state index contributed by atoms with van der Waals surface area (Å²) in [7, 11) is -4.26. The predicted octanol–water partition coefficient (Wildman–Crippen LogP) is 3.80. The Balaban J connectivity index is 2.09. The third-order valence-electron chi connectivity index (χ3n) is 5.17. The zero-order valence-electron chi connectivity index (χ0n) is 17.0. The molecule has 0 saturated carbocycles. The molecule has 1 saturated heterocycles. The molecule has 3 rings (SSSR count). The number of carboxylic acids is 1. The van der Waals surface area contributed by atoms with E-state index in [-0.39, 0.29) is 14.9 Å². The van der Waals surface area contributed by atoms with Crippen LogP contribution in [0.4, 0.5) is 5.69 Å². The zero-order chi connectivity index (χ0) is 23.1. The number of hydrogen-bond acceptors (Lipinski definition) is 4. The molecule has 0 spiro atoms. The highest BCUT2D eigenvalue weighted by Crippen LogP contribution is 2.41. The van der Waals surface area contributed by atoms with Crippen LogP contribution in [0.25, 0.3) is 0 Å². The molecule has 1 heterocycles. The normalized spacial score (nSPS) is 22.0. The number of sulfonamides is 1. The number of anilines is 1. The molecule has 2 N–H and O–H groups in total. The summed E-state index contributed by atoms with van der Waals surface area (Å²) in [5.74, 6) is -3.22. The first-order chi connectivity index (χ1) is 14.3. The molecule has 1 aliphatic heterocycles. The average molecular weight is 485 g/mol. The second kappa shape index (κ2) is 8.43. The van der Waals surface area contributed by atoms with Crippen LogP contribution in [0.15, 0.2) is 53.4 Å². The fourth-order valence-corrected chi connectivity index (χ4v) is 5.47. The largest absolute Gasteiger partial charge is 0.481 e. The van der Waals surface area contributed by atoms with E-state index < -0.39 is 45.3 Å². The van der Waals surface area contributed by atoms with Gasteiger partial charge in [-0.05, 0) is 35.7 Å². The van der Waals surface area contributed by atoms with Crippen LogP contribution in [0, 0.1) is 11.3 Å². The number of carbonyl (C=O) groups is 2. The van der Waals surface area contributed by atoms with Crippen molar-refractivity contribution in [2.45, 2.75) is 37.8 Å². The maximum atomic E-state index is 13.4. The monoisotopic (exact) mass is 484 g/mol. The number of halogens is 2. The molecule has 1 aliphatic rings. The lowest BCUT2D eigenvalue weighted by Crippen LogP contribution is -2.48. The Bertz CT molecular complexity index is 1120. The topological polar surface area (TPSA) is 104 Å². The van der Waals surface area contributed by atoms with Gasteiger partial charge in [0, 0.05) is 5.69 Å². The van der Waals surface area contributed by atoms with Crippen LogP contribution in [0.1, 0.15) is 20.8 Å². The maximum absolute atomic E-state index is 13.4. The molecule has 2 aromatic rings. The van der Waals surface area contributed by atoms with Crippen LogP contribution in [-0.4, -0.2) is 37.5 Å². The van der Waals surface area contributed by atoms with Gasteiger partial charge >= 0.3 is 5.97 Å². The molecule has 0 aliphatic carbocycles. The Kier molecular flexibility index (Phi) is 6.40. The first-order valence-electron chi connectivity index (χ1n) is 9.43. The molecule has 2 aromatic carbocycles. The van der Waals surface area contributed by atoms with Gasteiger partial charge in [-0.3, -0.25) is 9.59 Å². The van der Waals surface area contributed by atoms with Crippen LogP contribution in [0.5, 0.6) is 0 Å². The third kappa shape index (κ3) is 4.57. The number of nitrogens with zero attached hydrogens (tertiary/aromatic N) is 1. The van der Waals surface area contributed by atoms with Crippen molar-refractivity contribution in [3.8, 4) is 0 Å². The van der Waals surface area contributed by atoms with Gasteiger partial charge in [0.1, 0.15) is 12.0 Å². The first-order valence-corrected chi connectivity index (χ1v) is 11.7. The maximum Gasteiger partial charge on any atom is 0.310 e. The first kappa shape index (κ1) is 23.5. The summed E-state index contributed by atoms with van der Waals surface area (Å²) in [6, 6.07) is 10.0. The summed E-state index contributed by atoms with van der Waals surface area (Å²) in [4.78, 5) is 26.8. The average Bonchev–Trinajstić information content (AvgIpc) is 2.97. The van der Waals surface area contributed by atoms with Gasteiger partial charge in [-0.15, -0.1) is 0 Å². The number of nitrogens with one attached hydrogen (secondary N) is 1.